The molecule has 1 spiro atoms. The highest BCUT2D eigenvalue weighted by Gasteiger charge is 2.78. The first-order valence-electron chi connectivity index (χ1n) is 13.2. The Morgan fingerprint density at radius 3 is 2.56 bits per heavy atom. The molecule has 2 unspecified atom stereocenters. The molecular weight excluding hydrogens is 536 g/mol. The van der Waals surface area contributed by atoms with Crippen molar-refractivity contribution in [2.45, 2.75) is 54.7 Å². The lowest BCUT2D eigenvalue weighted by Gasteiger charge is -2.40. The number of aliphatic hydroxyl groups is 1. The number of aryl methyl sites for hydroxylation is 1. The average Bonchev–Trinajstić information content (AvgIpc) is 3.47. The number of para-hydroxylation sites is 1. The van der Waals surface area contributed by atoms with Gasteiger partial charge in [-0.1, -0.05) is 60.1 Å². The van der Waals surface area contributed by atoms with E-state index in [2.05, 4.69) is 6.58 Å². The van der Waals surface area contributed by atoms with Gasteiger partial charge in [0, 0.05) is 11.3 Å². The number of carboxylic acids is 1. The van der Waals surface area contributed by atoms with Gasteiger partial charge in [0.1, 0.15) is 6.04 Å². The Balaban J connectivity index is 1.66. The van der Waals surface area contributed by atoms with Gasteiger partial charge in [0.05, 0.1) is 39.9 Å². The van der Waals surface area contributed by atoms with Gasteiger partial charge >= 0.3 is 5.97 Å². The zero-order valence-corrected chi connectivity index (χ0v) is 23.6. The van der Waals surface area contributed by atoms with E-state index in [9.17, 15) is 24.6 Å². The number of thioether (sulfide) groups is 1. The monoisotopic (exact) mass is 568 g/mol. The van der Waals surface area contributed by atoms with Crippen molar-refractivity contribution in [1.29, 1.82) is 0 Å². The summed E-state index contributed by atoms with van der Waals surface area (Å²) < 4.78 is -1.58. The Morgan fingerprint density at radius 1 is 1.23 bits per heavy atom. The van der Waals surface area contributed by atoms with Gasteiger partial charge in [0.2, 0.25) is 5.91 Å². The molecule has 3 aliphatic rings. The number of benzene rings is 2. The number of fused-ring (bicyclic) bond motifs is 1. The first-order valence-corrected chi connectivity index (χ1v) is 14.4. The predicted octanol–water partition coefficient (Wildman–Crippen LogP) is 4.34. The van der Waals surface area contributed by atoms with Crippen molar-refractivity contribution < 1.29 is 24.6 Å². The SMILES string of the molecule is C=CCN(C(=O)C1N([C@@H](CO)Cc2ccccc2)C(=O)[C@@H]2[C@H](C(=O)O)[C@]3(C)CCC12S3)c1c(C)cccc1Cl. The van der Waals surface area contributed by atoms with E-state index in [4.69, 9.17) is 11.6 Å². The highest BCUT2D eigenvalue weighted by atomic mass is 35.5. The van der Waals surface area contributed by atoms with Crippen molar-refractivity contribution in [3.05, 3.63) is 77.3 Å². The van der Waals surface area contributed by atoms with Gasteiger partial charge in [0.15, 0.2) is 0 Å². The van der Waals surface area contributed by atoms with Crippen LogP contribution in [0.3, 0.4) is 0 Å². The van der Waals surface area contributed by atoms with E-state index in [0.29, 0.717) is 30.0 Å². The summed E-state index contributed by atoms with van der Waals surface area (Å²) in [7, 11) is 0. The molecule has 39 heavy (non-hydrogen) atoms. The van der Waals surface area contributed by atoms with E-state index in [1.807, 2.05) is 56.3 Å². The molecule has 2 bridgehead atoms. The van der Waals surface area contributed by atoms with Gasteiger partial charge in [-0.05, 0) is 50.3 Å². The van der Waals surface area contributed by atoms with Crippen LogP contribution in [-0.2, 0) is 20.8 Å². The number of anilines is 1. The number of carbonyl (C=O) groups excluding carboxylic acids is 2. The molecule has 6 atom stereocenters. The fourth-order valence-electron chi connectivity index (χ4n) is 7.08. The number of hydrogen-bond acceptors (Lipinski definition) is 5. The lowest BCUT2D eigenvalue weighted by atomic mass is 9.66. The third-order valence-corrected chi connectivity index (χ3v) is 11.0. The molecule has 3 heterocycles. The fraction of sp³-hybridized carbons (Fsp3) is 0.433. The maximum Gasteiger partial charge on any atom is 0.308 e. The van der Waals surface area contributed by atoms with Gasteiger partial charge < -0.3 is 20.0 Å². The third kappa shape index (κ3) is 4.28. The molecule has 3 saturated heterocycles. The van der Waals surface area contributed by atoms with Crippen LogP contribution in [0.15, 0.2) is 61.2 Å². The highest BCUT2D eigenvalue weighted by Crippen LogP contribution is 2.71. The third-order valence-electron chi connectivity index (χ3n) is 8.67. The second kappa shape index (κ2) is 10.3. The smallest absolute Gasteiger partial charge is 0.308 e. The van der Waals surface area contributed by atoms with Crippen molar-refractivity contribution in [1.82, 2.24) is 4.90 Å². The highest BCUT2D eigenvalue weighted by molar-refractivity contribution is 8.02. The molecule has 3 fully saturated rings. The lowest BCUT2D eigenvalue weighted by molar-refractivity contribution is -0.150. The number of nitrogens with zero attached hydrogens (tertiary/aromatic N) is 2. The fourth-order valence-corrected chi connectivity index (χ4v) is 9.74. The number of likely N-dealkylation sites (tertiary alicyclic amines) is 1. The summed E-state index contributed by atoms with van der Waals surface area (Å²) in [6, 6.07) is 13.2. The number of amides is 2. The Hall–Kier alpha value is -2.81. The number of rotatable bonds is 9. The van der Waals surface area contributed by atoms with E-state index >= 15 is 0 Å². The second-order valence-electron chi connectivity index (χ2n) is 11.0. The second-order valence-corrected chi connectivity index (χ2v) is 13.3. The molecule has 2 aromatic rings. The van der Waals surface area contributed by atoms with E-state index < -0.39 is 39.4 Å². The zero-order chi connectivity index (χ0) is 28.1. The zero-order valence-electron chi connectivity index (χ0n) is 22.0. The van der Waals surface area contributed by atoms with E-state index in [1.165, 1.54) is 16.7 Å². The van der Waals surface area contributed by atoms with Gasteiger partial charge in [-0.3, -0.25) is 14.4 Å². The number of halogens is 1. The molecule has 0 radical (unpaired) electrons. The molecule has 2 N–H and O–H groups in total. The number of carboxylic acid groups (broad SMARTS) is 1. The average molecular weight is 569 g/mol. The Bertz CT molecular complexity index is 1300. The summed E-state index contributed by atoms with van der Waals surface area (Å²) in [5.74, 6) is -3.52. The van der Waals surface area contributed by atoms with Crippen LogP contribution in [0.2, 0.25) is 5.02 Å². The summed E-state index contributed by atoms with van der Waals surface area (Å²) >= 11 is 8.09. The topological polar surface area (TPSA) is 98.2 Å². The van der Waals surface area contributed by atoms with Crippen molar-refractivity contribution in [3.63, 3.8) is 0 Å². The van der Waals surface area contributed by atoms with E-state index in [-0.39, 0.29) is 25.0 Å². The van der Waals surface area contributed by atoms with Crippen molar-refractivity contribution in [3.8, 4) is 0 Å². The molecule has 0 aromatic heterocycles. The Labute approximate surface area is 237 Å². The first-order chi connectivity index (χ1) is 18.6. The van der Waals surface area contributed by atoms with Crippen molar-refractivity contribution in [2.24, 2.45) is 11.8 Å². The van der Waals surface area contributed by atoms with Crippen LogP contribution in [0.25, 0.3) is 0 Å². The number of aliphatic hydroxyl groups excluding tert-OH is 1. The normalized spacial score (nSPS) is 29.8. The maximum atomic E-state index is 14.8. The minimum absolute atomic E-state index is 0.162. The molecule has 206 valence electrons. The molecule has 3 aliphatic heterocycles. The Kier molecular flexibility index (Phi) is 7.33. The summed E-state index contributed by atoms with van der Waals surface area (Å²) in [6.07, 6.45) is 3.08. The van der Waals surface area contributed by atoms with Crippen LogP contribution in [0.1, 0.15) is 30.9 Å². The summed E-state index contributed by atoms with van der Waals surface area (Å²) in [5, 5.41) is 21.3. The van der Waals surface area contributed by atoms with E-state index in [1.54, 1.807) is 17.0 Å². The van der Waals surface area contributed by atoms with Crippen LogP contribution in [0.5, 0.6) is 0 Å². The lowest BCUT2D eigenvalue weighted by Crippen LogP contribution is -2.58. The number of hydrogen-bond donors (Lipinski definition) is 2. The Morgan fingerprint density at radius 2 is 1.95 bits per heavy atom. The molecule has 5 rings (SSSR count). The quantitative estimate of drug-likeness (QED) is 0.437. The van der Waals surface area contributed by atoms with Gasteiger partial charge in [-0.15, -0.1) is 18.3 Å². The first kappa shape index (κ1) is 27.7. The van der Waals surface area contributed by atoms with Crippen LogP contribution in [0, 0.1) is 18.8 Å². The van der Waals surface area contributed by atoms with Crippen LogP contribution in [-0.4, -0.2) is 67.6 Å². The van der Waals surface area contributed by atoms with Crippen LogP contribution >= 0.6 is 23.4 Å². The summed E-state index contributed by atoms with van der Waals surface area (Å²) in [5.41, 5.74) is 2.25. The molecule has 7 nitrogen and oxygen atoms in total. The van der Waals surface area contributed by atoms with Gasteiger partial charge in [-0.2, -0.15) is 0 Å². The van der Waals surface area contributed by atoms with E-state index in [0.717, 1.165) is 11.1 Å². The molecular formula is C30H33ClN2O5S. The van der Waals surface area contributed by atoms with Crippen LogP contribution < -0.4 is 4.90 Å². The molecule has 0 aliphatic carbocycles. The molecule has 2 aromatic carbocycles. The van der Waals surface area contributed by atoms with Crippen molar-refractivity contribution >= 4 is 46.8 Å². The van der Waals surface area contributed by atoms with Crippen molar-refractivity contribution in [2.75, 3.05) is 18.1 Å². The largest absolute Gasteiger partial charge is 0.481 e. The predicted molar refractivity (Wildman–Crippen MR) is 153 cm³/mol. The number of carbonyl (C=O) groups is 3. The maximum absolute atomic E-state index is 14.8. The minimum Gasteiger partial charge on any atom is -0.481 e. The molecule has 2 amide bonds. The minimum atomic E-state index is -1.02. The summed E-state index contributed by atoms with van der Waals surface area (Å²) in [6.45, 7) is 7.42. The summed E-state index contributed by atoms with van der Waals surface area (Å²) in [4.78, 5) is 44.7. The molecule has 9 heteroatoms. The van der Waals surface area contributed by atoms with Gasteiger partial charge in [0.25, 0.3) is 5.91 Å². The number of aliphatic carboxylic acids is 1. The van der Waals surface area contributed by atoms with Gasteiger partial charge in [-0.25, -0.2) is 0 Å². The standard InChI is InChI=1S/C30H33ClN2O5S/c1-4-15-32(24-18(2)9-8-12-21(24)31)27(36)25-30-14-13-29(3,39-30)23(28(37)38)22(30)26(35)33(25)20(17-34)16-19-10-6-5-7-11-19/h4-12,20,22-23,25,34H,1,13-17H2,2-3H3,(H,37,38)/t20-,22+,23-,25?,29+,30?/m1/s1. The van der Waals surface area contributed by atoms with Crippen LogP contribution in [0.4, 0.5) is 5.69 Å². The molecule has 0 saturated carbocycles.